The van der Waals surface area contributed by atoms with Gasteiger partial charge >= 0.3 is 5.97 Å². The highest BCUT2D eigenvalue weighted by molar-refractivity contribution is 7.92. The van der Waals surface area contributed by atoms with Gasteiger partial charge in [0.25, 0.3) is 10.0 Å². The molecule has 0 radical (unpaired) electrons. The monoisotopic (exact) mass is 474 g/mol. The number of ether oxygens (including phenoxy) is 1. The molecule has 1 fully saturated rings. The molecule has 0 amide bonds. The van der Waals surface area contributed by atoms with Gasteiger partial charge in [0.2, 0.25) is 0 Å². The minimum atomic E-state index is -4.21. The Kier molecular flexibility index (Phi) is 6.45. The summed E-state index contributed by atoms with van der Waals surface area (Å²) in [6.45, 7) is 6.71. The SMILES string of the molecule is CCN(CC)C/C=C\c1cc(F)ccc1S(=O)(=O)Nc1ccc2c(c1C(=O)O)OCC1CC21. The lowest BCUT2D eigenvalue weighted by Gasteiger charge is -2.21. The molecule has 2 aromatic carbocycles. The average Bonchev–Trinajstić information content (AvgIpc) is 3.56. The maximum absolute atomic E-state index is 13.9. The summed E-state index contributed by atoms with van der Waals surface area (Å²) in [5, 5.41) is 9.81. The molecule has 2 aliphatic rings. The Bertz CT molecular complexity index is 1210. The molecule has 176 valence electrons. The molecule has 1 aliphatic heterocycles. The van der Waals surface area contributed by atoms with Crippen molar-refractivity contribution >= 4 is 27.8 Å². The third-order valence-corrected chi connectivity index (χ3v) is 7.67. The Morgan fingerprint density at radius 3 is 2.73 bits per heavy atom. The Morgan fingerprint density at radius 2 is 2.03 bits per heavy atom. The molecule has 33 heavy (non-hydrogen) atoms. The minimum Gasteiger partial charge on any atom is -0.492 e. The number of aromatic carboxylic acids is 1. The van der Waals surface area contributed by atoms with Crippen molar-refractivity contribution in [1.29, 1.82) is 0 Å². The second kappa shape index (κ2) is 9.15. The van der Waals surface area contributed by atoms with Gasteiger partial charge in [0.05, 0.1) is 17.2 Å². The summed E-state index contributed by atoms with van der Waals surface area (Å²) in [6.07, 6.45) is 4.29. The summed E-state index contributed by atoms with van der Waals surface area (Å²) in [5.41, 5.74) is 0.694. The van der Waals surface area contributed by atoms with E-state index in [-0.39, 0.29) is 33.4 Å². The average molecular weight is 475 g/mol. The van der Waals surface area contributed by atoms with E-state index in [4.69, 9.17) is 4.74 Å². The third-order valence-electron chi connectivity index (χ3n) is 6.23. The number of fused-ring (bicyclic) bond motifs is 3. The Morgan fingerprint density at radius 1 is 1.27 bits per heavy atom. The van der Waals surface area contributed by atoms with Crippen LogP contribution in [0, 0.1) is 11.7 Å². The number of halogens is 1. The molecule has 1 aliphatic carbocycles. The number of likely N-dealkylation sites (N-methyl/N-ethyl adjacent to an activating group) is 1. The molecule has 0 spiro atoms. The van der Waals surface area contributed by atoms with Crippen LogP contribution in [0.1, 0.15) is 47.7 Å². The van der Waals surface area contributed by atoms with Gasteiger partial charge in [-0.15, -0.1) is 0 Å². The number of rotatable bonds is 9. The van der Waals surface area contributed by atoms with E-state index in [1.807, 2.05) is 13.8 Å². The topological polar surface area (TPSA) is 95.9 Å². The third kappa shape index (κ3) is 4.74. The van der Waals surface area contributed by atoms with Gasteiger partial charge in [-0.2, -0.15) is 0 Å². The Labute approximate surface area is 192 Å². The number of hydrogen-bond acceptors (Lipinski definition) is 5. The van der Waals surface area contributed by atoms with Gasteiger partial charge in [0.15, 0.2) is 0 Å². The Balaban J connectivity index is 1.68. The van der Waals surface area contributed by atoms with Gasteiger partial charge in [0.1, 0.15) is 17.1 Å². The van der Waals surface area contributed by atoms with E-state index in [1.54, 1.807) is 18.2 Å². The zero-order valence-corrected chi connectivity index (χ0v) is 19.4. The zero-order valence-electron chi connectivity index (χ0n) is 18.5. The Hall–Kier alpha value is -2.91. The number of hydrogen-bond donors (Lipinski definition) is 2. The van der Waals surface area contributed by atoms with Crippen molar-refractivity contribution in [2.24, 2.45) is 5.92 Å². The predicted octanol–water partition coefficient (Wildman–Crippen LogP) is 4.18. The number of nitrogens with zero attached hydrogens (tertiary/aromatic N) is 1. The van der Waals surface area contributed by atoms with Crippen molar-refractivity contribution in [3.8, 4) is 5.75 Å². The van der Waals surface area contributed by atoms with Crippen molar-refractivity contribution < 1.29 is 27.4 Å². The number of anilines is 1. The maximum atomic E-state index is 13.9. The zero-order chi connectivity index (χ0) is 23.8. The first-order valence-electron chi connectivity index (χ1n) is 11.0. The van der Waals surface area contributed by atoms with Gasteiger partial charge in [-0.1, -0.05) is 32.1 Å². The smallest absolute Gasteiger partial charge is 0.341 e. The standard InChI is InChI=1S/C24H27FN2O5S/c1-3-27(4-2)11-5-6-15-12-17(25)7-10-21(15)33(30,31)26-20-9-8-18-19-13-16(19)14-32-23(18)22(20)24(28)29/h5-10,12,16,19,26H,3-4,11,13-14H2,1-2H3,(H,28,29)/b6-5-. The molecule has 1 saturated carbocycles. The lowest BCUT2D eigenvalue weighted by Crippen LogP contribution is -2.22. The number of carboxylic acid groups (broad SMARTS) is 1. The molecule has 4 rings (SSSR count). The highest BCUT2D eigenvalue weighted by atomic mass is 32.2. The molecule has 1 heterocycles. The van der Waals surface area contributed by atoms with Crippen molar-refractivity contribution in [2.45, 2.75) is 31.1 Å². The van der Waals surface area contributed by atoms with Gasteiger partial charge in [-0.25, -0.2) is 17.6 Å². The quantitative estimate of drug-likeness (QED) is 0.566. The molecule has 2 atom stereocenters. The second-order valence-electron chi connectivity index (χ2n) is 8.30. The first-order chi connectivity index (χ1) is 15.7. The molecule has 2 N–H and O–H groups in total. The first kappa shape index (κ1) is 23.3. The normalized spacial score (nSPS) is 19.2. The summed E-state index contributed by atoms with van der Waals surface area (Å²) in [6, 6.07) is 6.58. The molecule has 2 unspecified atom stereocenters. The van der Waals surface area contributed by atoms with Crippen LogP contribution in [0.25, 0.3) is 6.08 Å². The lowest BCUT2D eigenvalue weighted by molar-refractivity contribution is 0.0692. The van der Waals surface area contributed by atoms with E-state index in [2.05, 4.69) is 9.62 Å². The van der Waals surface area contributed by atoms with Crippen molar-refractivity contribution in [2.75, 3.05) is 31.0 Å². The molecule has 0 aromatic heterocycles. The predicted molar refractivity (Wildman–Crippen MR) is 124 cm³/mol. The van der Waals surface area contributed by atoms with E-state index >= 15 is 0 Å². The fraction of sp³-hybridized carbons (Fsp3) is 0.375. The van der Waals surface area contributed by atoms with Crippen LogP contribution in [0.4, 0.5) is 10.1 Å². The van der Waals surface area contributed by atoms with E-state index in [0.29, 0.717) is 19.1 Å². The summed E-state index contributed by atoms with van der Waals surface area (Å²) in [4.78, 5) is 14.0. The van der Waals surface area contributed by atoms with E-state index in [0.717, 1.165) is 37.2 Å². The summed E-state index contributed by atoms with van der Waals surface area (Å²) >= 11 is 0. The molecule has 0 saturated heterocycles. The van der Waals surface area contributed by atoms with Crippen molar-refractivity contribution in [3.05, 3.63) is 58.9 Å². The van der Waals surface area contributed by atoms with Gasteiger partial charge < -0.3 is 14.7 Å². The minimum absolute atomic E-state index is 0.0808. The summed E-state index contributed by atoms with van der Waals surface area (Å²) in [5.74, 6) is -0.963. The summed E-state index contributed by atoms with van der Waals surface area (Å²) < 4.78 is 48.5. The van der Waals surface area contributed by atoms with Crippen molar-refractivity contribution in [1.82, 2.24) is 4.90 Å². The van der Waals surface area contributed by atoms with Crippen LogP contribution in [0.15, 0.2) is 41.3 Å². The lowest BCUT2D eigenvalue weighted by atomic mass is 10.0. The van der Waals surface area contributed by atoms with E-state index in [9.17, 15) is 22.7 Å². The highest BCUT2D eigenvalue weighted by Gasteiger charge is 2.45. The molecular formula is C24H27FN2O5S. The van der Waals surface area contributed by atoms with Crippen LogP contribution in [-0.4, -0.2) is 50.6 Å². The summed E-state index contributed by atoms with van der Waals surface area (Å²) in [7, 11) is -4.21. The van der Waals surface area contributed by atoms with Crippen LogP contribution in [0.2, 0.25) is 0 Å². The second-order valence-corrected chi connectivity index (χ2v) is 9.95. The fourth-order valence-electron chi connectivity index (χ4n) is 4.25. The van der Waals surface area contributed by atoms with Crippen LogP contribution >= 0.6 is 0 Å². The van der Waals surface area contributed by atoms with Crippen LogP contribution in [-0.2, 0) is 10.0 Å². The maximum Gasteiger partial charge on any atom is 0.341 e. The fourth-order valence-corrected chi connectivity index (χ4v) is 5.51. The van der Waals surface area contributed by atoms with Crippen molar-refractivity contribution in [3.63, 3.8) is 0 Å². The van der Waals surface area contributed by atoms with Gasteiger partial charge in [0, 0.05) is 12.5 Å². The van der Waals surface area contributed by atoms with Crippen LogP contribution in [0.5, 0.6) is 5.75 Å². The first-order valence-corrected chi connectivity index (χ1v) is 12.5. The van der Waals surface area contributed by atoms with E-state index < -0.39 is 21.8 Å². The molecular weight excluding hydrogens is 447 g/mol. The van der Waals surface area contributed by atoms with Crippen LogP contribution in [0.3, 0.4) is 0 Å². The number of nitrogens with one attached hydrogen (secondary N) is 1. The van der Waals surface area contributed by atoms with Crippen LogP contribution < -0.4 is 9.46 Å². The van der Waals surface area contributed by atoms with Gasteiger partial charge in [-0.3, -0.25) is 4.72 Å². The number of sulfonamides is 1. The molecule has 9 heteroatoms. The number of carbonyl (C=O) groups is 1. The largest absolute Gasteiger partial charge is 0.492 e. The molecule has 2 aromatic rings. The molecule has 7 nitrogen and oxygen atoms in total. The van der Waals surface area contributed by atoms with E-state index in [1.165, 1.54) is 12.1 Å². The number of benzene rings is 2. The number of carboxylic acids is 1. The molecule has 0 bridgehead atoms. The van der Waals surface area contributed by atoms with Gasteiger partial charge in [-0.05, 0) is 60.8 Å². The highest BCUT2D eigenvalue weighted by Crippen LogP contribution is 2.55.